The Labute approximate surface area is 168 Å². The fraction of sp³-hybridized carbons (Fsp3) is 0.174. The summed E-state index contributed by atoms with van der Waals surface area (Å²) in [6, 6.07) is 27.2. The van der Waals surface area contributed by atoms with Crippen LogP contribution in [0.5, 0.6) is 0 Å². The Morgan fingerprint density at radius 3 is 2.41 bits per heavy atom. The van der Waals surface area contributed by atoms with Gasteiger partial charge in [0, 0.05) is 17.6 Å². The minimum Gasteiger partial charge on any atom is -0.338 e. The van der Waals surface area contributed by atoms with Crippen LogP contribution in [0.2, 0.25) is 0 Å². The van der Waals surface area contributed by atoms with Crippen LogP contribution in [0.25, 0.3) is 0 Å². The number of halogens is 1. The van der Waals surface area contributed by atoms with Crippen molar-refractivity contribution in [1.29, 1.82) is 0 Å². The smallest absolute Gasteiger partial charge is 0.199 e. The number of hydrogen-bond donors (Lipinski definition) is 1. The largest absolute Gasteiger partial charge is 0.338 e. The predicted molar refractivity (Wildman–Crippen MR) is 116 cm³/mol. The molecule has 4 rings (SSSR count). The van der Waals surface area contributed by atoms with Gasteiger partial charge in [-0.3, -0.25) is 0 Å². The summed E-state index contributed by atoms with van der Waals surface area (Å²) in [7, 11) is 0. The van der Waals surface area contributed by atoms with Crippen LogP contribution in [0.3, 0.4) is 0 Å². The predicted octanol–water partition coefficient (Wildman–Crippen LogP) is 5.48. The van der Waals surface area contributed by atoms with E-state index in [2.05, 4.69) is 80.7 Å². The van der Waals surface area contributed by atoms with E-state index < -0.39 is 0 Å². The Balaban J connectivity index is 1.61. The van der Waals surface area contributed by atoms with Gasteiger partial charge in [-0.05, 0) is 51.2 Å². The van der Waals surface area contributed by atoms with Crippen LogP contribution < -0.4 is 5.32 Å². The monoisotopic (exact) mass is 419 g/mol. The number of nitrogens with zero attached hydrogens (tertiary/aromatic N) is 2. The second-order valence-corrected chi connectivity index (χ2v) is 7.52. The molecular weight excluding hydrogens is 398 g/mol. The number of rotatable bonds is 3. The summed E-state index contributed by atoms with van der Waals surface area (Å²) in [6.07, 6.45) is 1.04. The lowest BCUT2D eigenvalue weighted by molar-refractivity contribution is 0.391. The Kier molecular flexibility index (Phi) is 5.54. The minimum absolute atomic E-state index is 0.659. The van der Waals surface area contributed by atoms with Crippen molar-refractivity contribution in [2.24, 2.45) is 4.99 Å². The molecule has 0 amide bonds. The molecule has 0 radical (unpaired) electrons. The maximum Gasteiger partial charge on any atom is 0.199 e. The SMILES string of the molecule is Brc1ccccc1NC(=NCc1ccccc1)N1CCc2ccccc2C1. The molecule has 0 aromatic heterocycles. The van der Waals surface area contributed by atoms with Gasteiger partial charge < -0.3 is 10.2 Å². The van der Waals surface area contributed by atoms with E-state index in [1.807, 2.05) is 24.3 Å². The molecular formula is C23H22BrN3. The lowest BCUT2D eigenvalue weighted by Gasteiger charge is -2.32. The molecule has 1 N–H and O–H groups in total. The third kappa shape index (κ3) is 4.40. The van der Waals surface area contributed by atoms with E-state index >= 15 is 0 Å². The van der Waals surface area contributed by atoms with E-state index in [0.717, 1.165) is 35.6 Å². The molecule has 1 heterocycles. The number of guanidine groups is 1. The summed E-state index contributed by atoms with van der Waals surface area (Å²) in [5.41, 5.74) is 5.06. The quantitative estimate of drug-likeness (QED) is 0.449. The Bertz CT molecular complexity index is 937. The Morgan fingerprint density at radius 2 is 1.59 bits per heavy atom. The van der Waals surface area contributed by atoms with Crippen LogP contribution in [-0.2, 0) is 19.5 Å². The van der Waals surface area contributed by atoms with Gasteiger partial charge in [0.2, 0.25) is 0 Å². The van der Waals surface area contributed by atoms with Gasteiger partial charge in [-0.1, -0.05) is 66.7 Å². The van der Waals surface area contributed by atoms with Gasteiger partial charge in [0.25, 0.3) is 0 Å². The molecule has 0 spiro atoms. The summed E-state index contributed by atoms with van der Waals surface area (Å²) in [5.74, 6) is 0.917. The van der Waals surface area contributed by atoms with E-state index in [1.165, 1.54) is 16.7 Å². The minimum atomic E-state index is 0.659. The van der Waals surface area contributed by atoms with Gasteiger partial charge in [-0.15, -0.1) is 0 Å². The molecule has 3 nitrogen and oxygen atoms in total. The highest BCUT2D eigenvalue weighted by atomic mass is 79.9. The van der Waals surface area contributed by atoms with E-state index in [1.54, 1.807) is 0 Å². The number of nitrogens with one attached hydrogen (secondary N) is 1. The third-order valence-electron chi connectivity index (χ3n) is 4.80. The standard InChI is InChI=1S/C23H22BrN3/c24-21-12-6-7-13-22(21)26-23(25-16-18-8-2-1-3-9-18)27-15-14-19-10-4-5-11-20(19)17-27/h1-13H,14-17H2,(H,25,26). The number of fused-ring (bicyclic) bond motifs is 1. The number of hydrogen-bond acceptors (Lipinski definition) is 1. The van der Waals surface area contributed by atoms with Crippen LogP contribution in [0.4, 0.5) is 5.69 Å². The molecule has 27 heavy (non-hydrogen) atoms. The molecule has 136 valence electrons. The highest BCUT2D eigenvalue weighted by Gasteiger charge is 2.19. The zero-order valence-electron chi connectivity index (χ0n) is 15.1. The van der Waals surface area contributed by atoms with Crippen LogP contribution in [0.15, 0.2) is 88.3 Å². The van der Waals surface area contributed by atoms with Crippen molar-refractivity contribution < 1.29 is 0 Å². The van der Waals surface area contributed by atoms with Crippen molar-refractivity contribution in [2.45, 2.75) is 19.5 Å². The van der Waals surface area contributed by atoms with Crippen molar-refractivity contribution in [1.82, 2.24) is 4.90 Å². The molecule has 0 saturated carbocycles. The lowest BCUT2D eigenvalue weighted by atomic mass is 10.0. The summed E-state index contributed by atoms with van der Waals surface area (Å²) in [6.45, 7) is 2.50. The van der Waals surface area contributed by atoms with Gasteiger partial charge in [0.05, 0.1) is 12.2 Å². The van der Waals surface area contributed by atoms with E-state index in [9.17, 15) is 0 Å². The topological polar surface area (TPSA) is 27.6 Å². The normalized spacial score (nSPS) is 14.0. The highest BCUT2D eigenvalue weighted by molar-refractivity contribution is 9.10. The zero-order valence-corrected chi connectivity index (χ0v) is 16.7. The summed E-state index contributed by atoms with van der Waals surface area (Å²) in [4.78, 5) is 7.28. The van der Waals surface area contributed by atoms with Gasteiger partial charge in [-0.2, -0.15) is 0 Å². The van der Waals surface area contributed by atoms with E-state index in [0.29, 0.717) is 6.54 Å². The molecule has 3 aromatic rings. The van der Waals surface area contributed by atoms with Gasteiger partial charge >= 0.3 is 0 Å². The van der Waals surface area contributed by atoms with Crippen LogP contribution in [0, 0.1) is 0 Å². The van der Waals surface area contributed by atoms with Crippen molar-refractivity contribution in [3.63, 3.8) is 0 Å². The molecule has 0 fully saturated rings. The molecule has 4 heteroatoms. The second kappa shape index (κ2) is 8.40. The summed E-state index contributed by atoms with van der Waals surface area (Å²) in [5, 5.41) is 3.55. The number of aliphatic imine (C=N–C) groups is 1. The molecule has 0 bridgehead atoms. The Hall–Kier alpha value is -2.59. The first-order valence-electron chi connectivity index (χ1n) is 9.21. The van der Waals surface area contributed by atoms with Gasteiger partial charge in [0.15, 0.2) is 5.96 Å². The molecule has 3 aromatic carbocycles. The summed E-state index contributed by atoms with van der Waals surface area (Å²) >= 11 is 3.63. The number of benzene rings is 3. The highest BCUT2D eigenvalue weighted by Crippen LogP contribution is 2.24. The van der Waals surface area contributed by atoms with Crippen LogP contribution in [0.1, 0.15) is 16.7 Å². The first-order valence-corrected chi connectivity index (χ1v) is 10.0. The van der Waals surface area contributed by atoms with Gasteiger partial charge in [-0.25, -0.2) is 4.99 Å². The van der Waals surface area contributed by atoms with Crippen LogP contribution in [-0.4, -0.2) is 17.4 Å². The maximum atomic E-state index is 4.94. The molecule has 0 saturated heterocycles. The van der Waals surface area contributed by atoms with Gasteiger partial charge in [0.1, 0.15) is 0 Å². The average molecular weight is 420 g/mol. The molecule has 0 atom stereocenters. The van der Waals surface area contributed by atoms with Crippen molar-refractivity contribution in [3.8, 4) is 0 Å². The fourth-order valence-electron chi connectivity index (χ4n) is 3.33. The Morgan fingerprint density at radius 1 is 0.889 bits per heavy atom. The molecule has 1 aliphatic rings. The van der Waals surface area contributed by atoms with Crippen molar-refractivity contribution in [2.75, 3.05) is 11.9 Å². The van der Waals surface area contributed by atoms with E-state index in [4.69, 9.17) is 4.99 Å². The van der Waals surface area contributed by atoms with Crippen LogP contribution >= 0.6 is 15.9 Å². The first-order chi connectivity index (χ1) is 13.3. The van der Waals surface area contributed by atoms with Crippen molar-refractivity contribution in [3.05, 3.63) is 100 Å². The molecule has 0 unspecified atom stereocenters. The lowest BCUT2D eigenvalue weighted by Crippen LogP contribution is -2.40. The third-order valence-corrected chi connectivity index (χ3v) is 5.50. The number of anilines is 1. The second-order valence-electron chi connectivity index (χ2n) is 6.67. The van der Waals surface area contributed by atoms with Crippen molar-refractivity contribution >= 4 is 27.6 Å². The first kappa shape index (κ1) is 17.8. The zero-order chi connectivity index (χ0) is 18.5. The summed E-state index contributed by atoms with van der Waals surface area (Å²) < 4.78 is 1.04. The number of para-hydroxylation sites is 1. The fourth-order valence-corrected chi connectivity index (χ4v) is 3.71. The molecule has 0 aliphatic carbocycles. The van der Waals surface area contributed by atoms with E-state index in [-0.39, 0.29) is 0 Å². The average Bonchev–Trinajstić information content (AvgIpc) is 2.73. The molecule has 1 aliphatic heterocycles. The maximum absolute atomic E-state index is 4.94.